The van der Waals surface area contributed by atoms with E-state index in [1.807, 2.05) is 54.7 Å². The number of aryl methyl sites for hydroxylation is 2. The molecule has 3 nitrogen and oxygen atoms in total. The monoisotopic (exact) mass is 978 g/mol. The molecule has 61 heavy (non-hydrogen) atoms. The van der Waals surface area contributed by atoms with E-state index < -0.39 is 19.6 Å². The summed E-state index contributed by atoms with van der Waals surface area (Å²) in [5, 5.41) is 2.16. The van der Waals surface area contributed by atoms with Crippen LogP contribution in [0.3, 0.4) is 0 Å². The zero-order valence-electron chi connectivity index (χ0n) is 41.3. The Balaban J connectivity index is 0.000000196. The number of pyridine rings is 2. The summed E-state index contributed by atoms with van der Waals surface area (Å²) in [5.41, 5.74) is 12.8. The fourth-order valence-corrected chi connectivity index (χ4v) is 8.20. The zero-order chi connectivity index (χ0) is 47.1. The quantitative estimate of drug-likeness (QED) is 0.156. The average Bonchev–Trinajstić information content (AvgIpc) is 3.71. The van der Waals surface area contributed by atoms with Crippen molar-refractivity contribution < 1.29 is 34.1 Å². The first-order valence-electron chi connectivity index (χ1n) is 24.0. The third-order valence-electron chi connectivity index (χ3n) is 11.8. The number of fused-ring (bicyclic) bond motifs is 3. The topological polar surface area (TPSA) is 38.9 Å². The standard InChI is InChI=1S/C37H32NO.C20H18N.Ir/c1-37(2)20-17-28(18-21-37)26-11-13-27(14-12-26)30-19-22-38-34(23-30)33-10-6-9-32-31-16-15-29(24-35(31)39-36(32)33)25-7-4-3-5-8-25;1-14-9-10-20(21-13-14)19-12-18(15(2)11-16(19)3)17-7-5-4-6-8-17;/h3-9,11-16,19,22-24,28H,17-18,20-21H2,1-2H3;4-13H,3H2,1-2H3;/q2*-1;/i28D;1D3,2D3;. The van der Waals surface area contributed by atoms with Crippen molar-refractivity contribution >= 4 is 21.9 Å². The van der Waals surface area contributed by atoms with Crippen LogP contribution in [0.5, 0.6) is 0 Å². The van der Waals surface area contributed by atoms with E-state index >= 15 is 0 Å². The maximum Gasteiger partial charge on any atom is 0.121 e. The Hall–Kier alpha value is -6.06. The van der Waals surface area contributed by atoms with Crippen molar-refractivity contribution in [2.75, 3.05) is 0 Å². The number of benzene rings is 6. The van der Waals surface area contributed by atoms with Gasteiger partial charge in [-0.05, 0) is 112 Å². The largest absolute Gasteiger partial charge is 0.501 e. The van der Waals surface area contributed by atoms with Crippen LogP contribution in [0.1, 0.15) is 77.3 Å². The van der Waals surface area contributed by atoms with Gasteiger partial charge in [-0.15, -0.1) is 29.8 Å². The molecule has 0 spiro atoms. The van der Waals surface area contributed by atoms with Crippen molar-refractivity contribution in [3.63, 3.8) is 0 Å². The van der Waals surface area contributed by atoms with E-state index in [0.717, 1.165) is 86.7 Å². The zero-order valence-corrected chi connectivity index (χ0v) is 36.7. The van der Waals surface area contributed by atoms with Crippen LogP contribution in [0.2, 0.25) is 0 Å². The van der Waals surface area contributed by atoms with Gasteiger partial charge in [-0.2, -0.15) is 18.6 Å². The first-order valence-corrected chi connectivity index (χ1v) is 20.5. The fourth-order valence-electron chi connectivity index (χ4n) is 8.20. The van der Waals surface area contributed by atoms with Crippen LogP contribution in [0.15, 0.2) is 168 Å². The number of aromatic nitrogens is 2. The molecule has 6 aromatic carbocycles. The Morgan fingerprint density at radius 1 is 0.672 bits per heavy atom. The summed E-state index contributed by atoms with van der Waals surface area (Å²) in [7, 11) is 0. The summed E-state index contributed by atoms with van der Waals surface area (Å²) in [6.45, 7) is 4.11. The minimum Gasteiger partial charge on any atom is -0.501 e. The summed E-state index contributed by atoms with van der Waals surface area (Å²) in [5.74, 6) is -0.482. The molecular formula is C57H50IrN2O-2. The molecule has 3 heterocycles. The van der Waals surface area contributed by atoms with Crippen LogP contribution in [0, 0.1) is 32.1 Å². The molecule has 1 radical (unpaired) electrons. The molecule has 9 aromatic rings. The summed E-state index contributed by atoms with van der Waals surface area (Å²) >= 11 is 0. The van der Waals surface area contributed by atoms with Gasteiger partial charge < -0.3 is 9.40 Å². The van der Waals surface area contributed by atoms with Crippen molar-refractivity contribution in [1.29, 1.82) is 0 Å². The molecule has 0 unspecified atom stereocenters. The van der Waals surface area contributed by atoms with Gasteiger partial charge in [-0.1, -0.05) is 146 Å². The molecular weight excluding hydrogens is 921 g/mol. The molecule has 1 saturated carbocycles. The van der Waals surface area contributed by atoms with Gasteiger partial charge in [0.15, 0.2) is 0 Å². The second kappa shape index (κ2) is 17.9. The maximum absolute atomic E-state index is 9.12. The van der Waals surface area contributed by atoms with Gasteiger partial charge >= 0.3 is 0 Å². The summed E-state index contributed by atoms with van der Waals surface area (Å²) in [6, 6.07) is 52.7. The first kappa shape index (κ1) is 33.6. The first-order chi connectivity index (χ1) is 32.0. The minimum absolute atomic E-state index is 0. The molecule has 4 heteroatoms. The van der Waals surface area contributed by atoms with Gasteiger partial charge in [0.1, 0.15) is 5.58 Å². The van der Waals surface area contributed by atoms with E-state index in [1.165, 1.54) is 17.8 Å². The van der Waals surface area contributed by atoms with Gasteiger partial charge in [0.2, 0.25) is 0 Å². The van der Waals surface area contributed by atoms with Crippen molar-refractivity contribution in [2.24, 2.45) is 5.41 Å². The molecule has 0 N–H and O–H groups in total. The van der Waals surface area contributed by atoms with Gasteiger partial charge in [-0.25, -0.2) is 0 Å². The SMILES string of the molecule is [2H]C([2H])([2H])c1ccc(-c2cc(-c3ccccc3)c(C([2H])([2H])[2H])cc2[CH2-])nc1.[2H]C1(c2ccc(-c3ccnc(-c4[c-]ccc5c4oc4cc(-c6ccccc6)ccc45)c3)cc2)CCC(C)(C)CC1.[Ir]. The summed E-state index contributed by atoms with van der Waals surface area (Å²) in [6.07, 6.45) is 7.22. The summed E-state index contributed by atoms with van der Waals surface area (Å²) in [4.78, 5) is 8.98. The number of nitrogens with zero attached hydrogens (tertiary/aromatic N) is 2. The van der Waals surface area contributed by atoms with E-state index in [0.29, 0.717) is 27.8 Å². The van der Waals surface area contributed by atoms with Crippen LogP contribution < -0.4 is 0 Å². The Kier molecular flexibility index (Phi) is 9.86. The molecule has 0 saturated heterocycles. The number of rotatable bonds is 6. The molecule has 0 amide bonds. The van der Waals surface area contributed by atoms with Crippen molar-refractivity contribution in [3.05, 3.63) is 199 Å². The molecule has 0 aliphatic heterocycles. The molecule has 10 rings (SSSR count). The second-order valence-corrected chi connectivity index (χ2v) is 16.4. The maximum atomic E-state index is 9.12. The van der Waals surface area contributed by atoms with Crippen LogP contribution in [-0.4, -0.2) is 9.97 Å². The van der Waals surface area contributed by atoms with E-state index in [1.54, 1.807) is 18.2 Å². The molecule has 1 aliphatic carbocycles. The van der Waals surface area contributed by atoms with Crippen molar-refractivity contribution in [3.8, 4) is 55.9 Å². The minimum atomic E-state index is -2.28. The van der Waals surface area contributed by atoms with Gasteiger partial charge in [0.05, 0.1) is 5.58 Å². The van der Waals surface area contributed by atoms with Gasteiger partial charge in [0.25, 0.3) is 0 Å². The third-order valence-corrected chi connectivity index (χ3v) is 11.8. The Bertz CT molecular complexity index is 3190. The third kappa shape index (κ3) is 9.03. The molecule has 0 atom stereocenters. The van der Waals surface area contributed by atoms with E-state index in [2.05, 4.69) is 111 Å². The number of hydrogen-bond donors (Lipinski definition) is 0. The van der Waals surface area contributed by atoms with E-state index in [4.69, 9.17) is 19.0 Å². The Morgan fingerprint density at radius 2 is 1.38 bits per heavy atom. The smallest absolute Gasteiger partial charge is 0.121 e. The van der Waals surface area contributed by atoms with Gasteiger partial charge in [0, 0.05) is 53.2 Å². The summed E-state index contributed by atoms with van der Waals surface area (Å²) < 4.78 is 61.5. The fraction of sp³-hybridized carbons (Fsp3) is 0.175. The molecule has 3 aromatic heterocycles. The van der Waals surface area contributed by atoms with E-state index in [-0.39, 0.29) is 31.2 Å². The number of furan rings is 1. The normalized spacial score (nSPS) is 16.3. The molecule has 1 aliphatic rings. The van der Waals surface area contributed by atoms with Crippen LogP contribution in [0.25, 0.3) is 77.8 Å². The number of hydrogen-bond acceptors (Lipinski definition) is 3. The molecule has 0 bridgehead atoms. The molecule has 305 valence electrons. The van der Waals surface area contributed by atoms with Crippen LogP contribution >= 0.6 is 0 Å². The predicted molar refractivity (Wildman–Crippen MR) is 251 cm³/mol. The van der Waals surface area contributed by atoms with E-state index in [9.17, 15) is 0 Å². The van der Waals surface area contributed by atoms with Crippen LogP contribution in [-0.2, 0) is 20.1 Å². The van der Waals surface area contributed by atoms with Crippen molar-refractivity contribution in [1.82, 2.24) is 9.97 Å². The average molecular weight is 978 g/mol. The van der Waals surface area contributed by atoms with Crippen molar-refractivity contribution in [2.45, 2.75) is 59.1 Å². The van der Waals surface area contributed by atoms with Crippen LogP contribution in [0.4, 0.5) is 0 Å². The Morgan fingerprint density at radius 3 is 2.08 bits per heavy atom. The predicted octanol–water partition coefficient (Wildman–Crippen LogP) is 15.7. The van der Waals surface area contributed by atoms with Gasteiger partial charge in [-0.3, -0.25) is 4.98 Å². The second-order valence-electron chi connectivity index (χ2n) is 16.4. The molecule has 1 fully saturated rings. The Labute approximate surface area is 384 Å².